The van der Waals surface area contributed by atoms with Gasteiger partial charge in [-0.3, -0.25) is 0 Å². The van der Waals surface area contributed by atoms with Gasteiger partial charge in [0.1, 0.15) is 5.75 Å². The first kappa shape index (κ1) is 15.0. The van der Waals surface area contributed by atoms with E-state index in [9.17, 15) is 0 Å². The molecular weight excluding hydrogens is 268 g/mol. The van der Waals surface area contributed by atoms with Crippen LogP contribution in [0.1, 0.15) is 24.5 Å². The number of hydrogen-bond acceptors (Lipinski definition) is 6. The third-order valence-corrected chi connectivity index (χ3v) is 2.85. The van der Waals surface area contributed by atoms with Crippen molar-refractivity contribution in [3.05, 3.63) is 29.3 Å². The van der Waals surface area contributed by atoms with Gasteiger partial charge in [0.15, 0.2) is 0 Å². The number of aryl methyl sites for hydroxylation is 2. The van der Waals surface area contributed by atoms with Crippen LogP contribution >= 0.6 is 0 Å². The molecule has 0 saturated heterocycles. The second-order valence-corrected chi connectivity index (χ2v) is 4.73. The van der Waals surface area contributed by atoms with Crippen molar-refractivity contribution in [2.75, 3.05) is 19.0 Å². The van der Waals surface area contributed by atoms with Crippen LogP contribution in [0.5, 0.6) is 17.8 Å². The highest BCUT2D eigenvalue weighted by molar-refractivity contribution is 5.38. The van der Waals surface area contributed by atoms with E-state index in [1.54, 1.807) is 0 Å². The summed E-state index contributed by atoms with van der Waals surface area (Å²) in [6.07, 6.45) is 0.973. The van der Waals surface area contributed by atoms with Crippen LogP contribution in [0, 0.1) is 13.8 Å². The molecule has 21 heavy (non-hydrogen) atoms. The molecule has 0 amide bonds. The summed E-state index contributed by atoms with van der Waals surface area (Å²) in [6.45, 7) is 6.83. The summed E-state index contributed by atoms with van der Waals surface area (Å²) >= 11 is 0. The molecule has 6 nitrogen and oxygen atoms in total. The van der Waals surface area contributed by atoms with Crippen molar-refractivity contribution in [3.8, 4) is 17.8 Å². The Bertz CT molecular complexity index is 617. The van der Waals surface area contributed by atoms with Crippen molar-refractivity contribution in [1.82, 2.24) is 15.0 Å². The minimum Gasteiger partial charge on any atom is -0.467 e. The van der Waals surface area contributed by atoms with Gasteiger partial charge in [-0.1, -0.05) is 19.1 Å². The number of aromatic nitrogens is 3. The van der Waals surface area contributed by atoms with Gasteiger partial charge >= 0.3 is 12.0 Å². The topological polar surface area (TPSA) is 69.2 Å². The van der Waals surface area contributed by atoms with E-state index in [0.29, 0.717) is 5.95 Å². The first-order valence-corrected chi connectivity index (χ1v) is 6.91. The van der Waals surface area contributed by atoms with E-state index >= 15 is 0 Å². The maximum absolute atomic E-state index is 5.77. The van der Waals surface area contributed by atoms with Crippen LogP contribution in [-0.4, -0.2) is 28.6 Å². The Kier molecular flexibility index (Phi) is 4.92. The molecule has 112 valence electrons. The van der Waals surface area contributed by atoms with Crippen molar-refractivity contribution in [2.45, 2.75) is 27.2 Å². The molecule has 0 atom stereocenters. The average Bonchev–Trinajstić information content (AvgIpc) is 2.48. The maximum Gasteiger partial charge on any atom is 0.330 e. The Morgan fingerprint density at radius 2 is 1.86 bits per heavy atom. The molecule has 0 aliphatic rings. The fourth-order valence-corrected chi connectivity index (χ4v) is 1.71. The third-order valence-electron chi connectivity index (χ3n) is 2.85. The van der Waals surface area contributed by atoms with Gasteiger partial charge < -0.3 is 14.8 Å². The summed E-state index contributed by atoms with van der Waals surface area (Å²) in [7, 11) is 1.51. The number of hydrogen-bond donors (Lipinski definition) is 1. The maximum atomic E-state index is 5.77. The molecule has 0 fully saturated rings. The van der Waals surface area contributed by atoms with Gasteiger partial charge in [-0.15, -0.1) is 4.98 Å². The van der Waals surface area contributed by atoms with Crippen LogP contribution < -0.4 is 14.8 Å². The van der Waals surface area contributed by atoms with Gasteiger partial charge in [0.2, 0.25) is 5.95 Å². The average molecular weight is 288 g/mol. The predicted molar refractivity (Wildman–Crippen MR) is 81.1 cm³/mol. The van der Waals surface area contributed by atoms with E-state index in [2.05, 4.69) is 27.2 Å². The zero-order valence-electron chi connectivity index (χ0n) is 12.8. The van der Waals surface area contributed by atoms with E-state index in [1.807, 2.05) is 32.0 Å². The van der Waals surface area contributed by atoms with Gasteiger partial charge in [0, 0.05) is 6.54 Å². The normalized spacial score (nSPS) is 10.3. The smallest absolute Gasteiger partial charge is 0.330 e. The summed E-state index contributed by atoms with van der Waals surface area (Å²) < 4.78 is 10.9. The standard InChI is InChI=1S/C15H20N4O2/c1-5-8-16-13-17-14(20-4)19-15(18-13)21-12-9-10(2)6-7-11(12)3/h6-7,9H,5,8H2,1-4H3,(H,16,17,18,19). The number of rotatable bonds is 6. The lowest BCUT2D eigenvalue weighted by molar-refractivity contribution is 0.359. The quantitative estimate of drug-likeness (QED) is 0.880. The lowest BCUT2D eigenvalue weighted by Crippen LogP contribution is -2.07. The van der Waals surface area contributed by atoms with Crippen molar-refractivity contribution in [2.24, 2.45) is 0 Å². The molecule has 2 aromatic rings. The van der Waals surface area contributed by atoms with E-state index < -0.39 is 0 Å². The van der Waals surface area contributed by atoms with Crippen molar-refractivity contribution < 1.29 is 9.47 Å². The van der Waals surface area contributed by atoms with Crippen LogP contribution in [0.4, 0.5) is 5.95 Å². The highest BCUT2D eigenvalue weighted by Crippen LogP contribution is 2.25. The van der Waals surface area contributed by atoms with Crippen LogP contribution in [0.3, 0.4) is 0 Å². The highest BCUT2D eigenvalue weighted by atomic mass is 16.5. The molecule has 0 aliphatic heterocycles. The highest BCUT2D eigenvalue weighted by Gasteiger charge is 2.10. The monoisotopic (exact) mass is 288 g/mol. The minimum atomic E-state index is 0.217. The molecule has 2 rings (SSSR count). The Morgan fingerprint density at radius 3 is 2.57 bits per heavy atom. The third kappa shape index (κ3) is 4.05. The van der Waals surface area contributed by atoms with E-state index in [1.165, 1.54) is 7.11 Å². The fraction of sp³-hybridized carbons (Fsp3) is 0.400. The summed E-state index contributed by atoms with van der Waals surface area (Å²) in [6, 6.07) is 6.42. The van der Waals surface area contributed by atoms with Gasteiger partial charge in [-0.25, -0.2) is 0 Å². The largest absolute Gasteiger partial charge is 0.467 e. The molecular formula is C15H20N4O2. The van der Waals surface area contributed by atoms with Crippen molar-refractivity contribution >= 4 is 5.95 Å². The number of benzene rings is 1. The van der Waals surface area contributed by atoms with E-state index in [4.69, 9.17) is 9.47 Å². The van der Waals surface area contributed by atoms with E-state index in [0.717, 1.165) is 29.8 Å². The number of anilines is 1. The SMILES string of the molecule is CCCNc1nc(OC)nc(Oc2cc(C)ccc2C)n1. The first-order chi connectivity index (χ1) is 10.1. The number of nitrogens with zero attached hydrogens (tertiary/aromatic N) is 3. The zero-order valence-corrected chi connectivity index (χ0v) is 12.8. The van der Waals surface area contributed by atoms with Crippen LogP contribution in [0.2, 0.25) is 0 Å². The molecule has 1 N–H and O–H groups in total. The molecule has 1 aromatic carbocycles. The Hall–Kier alpha value is -2.37. The number of ether oxygens (including phenoxy) is 2. The molecule has 0 spiro atoms. The lowest BCUT2D eigenvalue weighted by atomic mass is 10.1. The number of methoxy groups -OCH3 is 1. The van der Waals surface area contributed by atoms with Gasteiger partial charge in [0.25, 0.3) is 0 Å². The fourth-order valence-electron chi connectivity index (χ4n) is 1.71. The van der Waals surface area contributed by atoms with Crippen LogP contribution in [0.15, 0.2) is 18.2 Å². The Morgan fingerprint density at radius 1 is 1.10 bits per heavy atom. The minimum absolute atomic E-state index is 0.217. The second-order valence-electron chi connectivity index (χ2n) is 4.73. The van der Waals surface area contributed by atoms with Gasteiger partial charge in [0.05, 0.1) is 7.11 Å². The molecule has 0 radical (unpaired) electrons. The van der Waals surface area contributed by atoms with Crippen molar-refractivity contribution in [1.29, 1.82) is 0 Å². The molecule has 0 unspecified atom stereocenters. The molecule has 0 bridgehead atoms. The predicted octanol–water partition coefficient (Wildman–Crippen LogP) is 3.11. The molecule has 6 heteroatoms. The molecule has 1 aromatic heterocycles. The lowest BCUT2D eigenvalue weighted by Gasteiger charge is -2.10. The van der Waals surface area contributed by atoms with E-state index in [-0.39, 0.29) is 12.0 Å². The molecule has 0 aliphatic carbocycles. The van der Waals surface area contributed by atoms with Crippen molar-refractivity contribution in [3.63, 3.8) is 0 Å². The zero-order chi connectivity index (χ0) is 15.2. The van der Waals surface area contributed by atoms with Crippen LogP contribution in [0.25, 0.3) is 0 Å². The summed E-state index contributed by atoms with van der Waals surface area (Å²) in [5, 5.41) is 3.10. The molecule has 0 saturated carbocycles. The molecule has 1 heterocycles. The number of nitrogens with one attached hydrogen (secondary N) is 1. The first-order valence-electron chi connectivity index (χ1n) is 6.91. The summed E-state index contributed by atoms with van der Waals surface area (Å²) in [5.74, 6) is 1.17. The van der Waals surface area contributed by atoms with Crippen LogP contribution in [-0.2, 0) is 0 Å². The van der Waals surface area contributed by atoms with Gasteiger partial charge in [-0.2, -0.15) is 9.97 Å². The Balaban J connectivity index is 2.27. The second kappa shape index (κ2) is 6.88. The Labute approximate surface area is 124 Å². The summed E-state index contributed by atoms with van der Waals surface area (Å²) in [4.78, 5) is 12.5. The van der Waals surface area contributed by atoms with Gasteiger partial charge in [-0.05, 0) is 37.5 Å². The summed E-state index contributed by atoms with van der Waals surface area (Å²) in [5.41, 5.74) is 2.13.